The number of hydrogen-bond donors (Lipinski definition) is 2. The molecule has 0 unspecified atom stereocenters. The van der Waals surface area contributed by atoms with E-state index in [2.05, 4.69) is 0 Å². The summed E-state index contributed by atoms with van der Waals surface area (Å²) >= 11 is 0. The highest BCUT2D eigenvalue weighted by atomic mass is 32.2. The van der Waals surface area contributed by atoms with Crippen LogP contribution in [-0.2, 0) is 10.0 Å². The van der Waals surface area contributed by atoms with Gasteiger partial charge in [0.25, 0.3) is 10.0 Å². The van der Waals surface area contributed by atoms with E-state index in [0.29, 0.717) is 6.07 Å². The molecule has 0 aliphatic rings. The quantitative estimate of drug-likeness (QED) is 0.855. The molecular weight excluding hydrogens is 305 g/mol. The summed E-state index contributed by atoms with van der Waals surface area (Å²) in [6.07, 6.45) is 0. The van der Waals surface area contributed by atoms with Crippen molar-refractivity contribution in [3.8, 4) is 0 Å². The van der Waals surface area contributed by atoms with Gasteiger partial charge in [0, 0.05) is 17.3 Å². The fraction of sp³-hybridized carbons (Fsp3) is 0.0769. The Morgan fingerprint density at radius 1 is 1.05 bits per heavy atom. The molecular formula is C13H11F3N2O2S. The predicted molar refractivity (Wildman–Crippen MR) is 72.7 cm³/mol. The van der Waals surface area contributed by atoms with E-state index in [1.165, 1.54) is 6.92 Å². The number of nitrogen functional groups attached to an aromatic ring is 1. The van der Waals surface area contributed by atoms with Gasteiger partial charge in [-0.05, 0) is 31.2 Å². The van der Waals surface area contributed by atoms with Gasteiger partial charge in [0.05, 0.1) is 10.6 Å². The third kappa shape index (κ3) is 3.10. The molecule has 2 aromatic carbocycles. The van der Waals surface area contributed by atoms with Gasteiger partial charge in [-0.2, -0.15) is 0 Å². The van der Waals surface area contributed by atoms with Crippen LogP contribution in [0.25, 0.3) is 0 Å². The molecule has 0 heterocycles. The summed E-state index contributed by atoms with van der Waals surface area (Å²) in [4.78, 5) is -0.441. The van der Waals surface area contributed by atoms with Crippen molar-refractivity contribution in [1.29, 1.82) is 0 Å². The van der Waals surface area contributed by atoms with Crippen molar-refractivity contribution in [3.63, 3.8) is 0 Å². The number of anilines is 2. The lowest BCUT2D eigenvalue weighted by Crippen LogP contribution is -2.16. The second kappa shape index (κ2) is 5.28. The van der Waals surface area contributed by atoms with E-state index in [1.807, 2.05) is 4.72 Å². The molecule has 4 nitrogen and oxygen atoms in total. The first-order chi connectivity index (χ1) is 9.70. The Balaban J connectivity index is 2.51. The summed E-state index contributed by atoms with van der Waals surface area (Å²) in [6, 6.07) is 4.32. The van der Waals surface area contributed by atoms with E-state index in [0.717, 1.165) is 24.3 Å². The molecule has 0 bridgehead atoms. The molecule has 21 heavy (non-hydrogen) atoms. The van der Waals surface area contributed by atoms with Gasteiger partial charge < -0.3 is 5.73 Å². The molecule has 0 amide bonds. The standard InChI is InChI=1S/C13H11F3N2O2S/c1-7-11(16)5-9(17)6-13(7)21(19,20)18-12-4-8(14)2-3-10(12)15/h2-6,18H,17H2,1H3. The summed E-state index contributed by atoms with van der Waals surface area (Å²) < 4.78 is 66.3. The SMILES string of the molecule is Cc1c(F)cc(N)cc1S(=O)(=O)Nc1cc(F)ccc1F. The zero-order valence-corrected chi connectivity index (χ0v) is 11.6. The number of nitrogens with one attached hydrogen (secondary N) is 1. The van der Waals surface area contributed by atoms with Gasteiger partial charge in [-0.25, -0.2) is 21.6 Å². The molecule has 0 radical (unpaired) electrons. The molecule has 0 fully saturated rings. The summed E-state index contributed by atoms with van der Waals surface area (Å²) in [7, 11) is -4.30. The zero-order chi connectivity index (χ0) is 15.8. The van der Waals surface area contributed by atoms with Crippen LogP contribution in [-0.4, -0.2) is 8.42 Å². The maximum absolute atomic E-state index is 13.5. The first-order valence-electron chi connectivity index (χ1n) is 5.74. The first kappa shape index (κ1) is 15.2. The number of hydrogen-bond acceptors (Lipinski definition) is 3. The fourth-order valence-electron chi connectivity index (χ4n) is 1.73. The van der Waals surface area contributed by atoms with Crippen molar-refractivity contribution in [2.75, 3.05) is 10.5 Å². The minimum Gasteiger partial charge on any atom is -0.399 e. The van der Waals surface area contributed by atoms with Crippen LogP contribution in [0.1, 0.15) is 5.56 Å². The third-order valence-electron chi connectivity index (χ3n) is 2.78. The van der Waals surface area contributed by atoms with Gasteiger partial charge in [0.15, 0.2) is 0 Å². The van der Waals surface area contributed by atoms with Crippen LogP contribution in [0.2, 0.25) is 0 Å². The van der Waals surface area contributed by atoms with Crippen molar-refractivity contribution in [2.45, 2.75) is 11.8 Å². The second-order valence-electron chi connectivity index (χ2n) is 4.36. The third-order valence-corrected chi connectivity index (χ3v) is 4.27. The fourth-order valence-corrected chi connectivity index (χ4v) is 3.08. The highest BCUT2D eigenvalue weighted by molar-refractivity contribution is 7.92. The Hall–Kier alpha value is -2.22. The lowest BCUT2D eigenvalue weighted by Gasteiger charge is -2.12. The van der Waals surface area contributed by atoms with E-state index in [1.54, 1.807) is 0 Å². The van der Waals surface area contributed by atoms with Gasteiger partial charge in [0.2, 0.25) is 0 Å². The maximum Gasteiger partial charge on any atom is 0.262 e. The van der Waals surface area contributed by atoms with Crippen molar-refractivity contribution < 1.29 is 21.6 Å². The van der Waals surface area contributed by atoms with Crippen LogP contribution >= 0.6 is 0 Å². The van der Waals surface area contributed by atoms with E-state index < -0.39 is 38.1 Å². The molecule has 0 saturated heterocycles. The molecule has 2 rings (SSSR count). The first-order valence-corrected chi connectivity index (χ1v) is 7.22. The Labute approximate surface area is 119 Å². The number of nitrogens with two attached hydrogens (primary N) is 1. The monoisotopic (exact) mass is 316 g/mol. The molecule has 0 aromatic heterocycles. The summed E-state index contributed by atoms with van der Waals surface area (Å²) in [5.41, 5.74) is 4.56. The molecule has 3 N–H and O–H groups in total. The Bertz CT molecular complexity index is 807. The average molecular weight is 316 g/mol. The van der Waals surface area contributed by atoms with Gasteiger partial charge >= 0.3 is 0 Å². The number of sulfonamides is 1. The molecule has 0 aliphatic heterocycles. The summed E-state index contributed by atoms with van der Waals surface area (Å²) in [6.45, 7) is 1.24. The zero-order valence-electron chi connectivity index (χ0n) is 10.8. The second-order valence-corrected chi connectivity index (χ2v) is 6.01. The van der Waals surface area contributed by atoms with Gasteiger partial charge in [-0.15, -0.1) is 0 Å². The molecule has 8 heteroatoms. The maximum atomic E-state index is 13.5. The van der Waals surface area contributed by atoms with Crippen molar-refractivity contribution in [1.82, 2.24) is 0 Å². The van der Waals surface area contributed by atoms with Crippen LogP contribution in [0.5, 0.6) is 0 Å². The molecule has 2 aromatic rings. The van der Waals surface area contributed by atoms with Gasteiger partial charge in [-0.3, -0.25) is 4.72 Å². The smallest absolute Gasteiger partial charge is 0.262 e. The van der Waals surface area contributed by atoms with E-state index in [-0.39, 0.29) is 11.3 Å². The van der Waals surface area contributed by atoms with Crippen molar-refractivity contribution in [2.24, 2.45) is 0 Å². The normalized spacial score (nSPS) is 11.4. The highest BCUT2D eigenvalue weighted by Gasteiger charge is 2.21. The molecule has 0 saturated carbocycles. The van der Waals surface area contributed by atoms with E-state index >= 15 is 0 Å². The van der Waals surface area contributed by atoms with Crippen LogP contribution < -0.4 is 10.5 Å². The van der Waals surface area contributed by atoms with Crippen LogP contribution in [0, 0.1) is 24.4 Å². The highest BCUT2D eigenvalue weighted by Crippen LogP contribution is 2.25. The lowest BCUT2D eigenvalue weighted by atomic mass is 10.2. The Kier molecular flexibility index (Phi) is 3.82. The van der Waals surface area contributed by atoms with Gasteiger partial charge in [0.1, 0.15) is 17.5 Å². The minimum atomic E-state index is -4.30. The van der Waals surface area contributed by atoms with Crippen LogP contribution in [0.15, 0.2) is 35.2 Å². The van der Waals surface area contributed by atoms with Crippen LogP contribution in [0.4, 0.5) is 24.5 Å². The van der Waals surface area contributed by atoms with E-state index in [4.69, 9.17) is 5.73 Å². The van der Waals surface area contributed by atoms with Crippen LogP contribution in [0.3, 0.4) is 0 Å². The number of benzene rings is 2. The van der Waals surface area contributed by atoms with E-state index in [9.17, 15) is 21.6 Å². The predicted octanol–water partition coefficient (Wildman–Crippen LogP) is 2.80. The topological polar surface area (TPSA) is 72.2 Å². The number of halogens is 3. The molecule has 0 aliphatic carbocycles. The molecule has 0 spiro atoms. The Morgan fingerprint density at radius 2 is 1.71 bits per heavy atom. The average Bonchev–Trinajstić information content (AvgIpc) is 2.37. The summed E-state index contributed by atoms with van der Waals surface area (Å²) in [5, 5.41) is 0. The minimum absolute atomic E-state index is 0.0989. The lowest BCUT2D eigenvalue weighted by molar-refractivity contribution is 0.588. The largest absolute Gasteiger partial charge is 0.399 e. The molecule has 112 valence electrons. The van der Waals surface area contributed by atoms with Gasteiger partial charge in [-0.1, -0.05) is 0 Å². The summed E-state index contributed by atoms with van der Waals surface area (Å²) in [5.74, 6) is -2.58. The van der Waals surface area contributed by atoms with Crippen molar-refractivity contribution in [3.05, 3.63) is 53.3 Å². The Morgan fingerprint density at radius 3 is 2.38 bits per heavy atom. The number of rotatable bonds is 3. The molecule has 0 atom stereocenters. The van der Waals surface area contributed by atoms with Crippen molar-refractivity contribution >= 4 is 21.4 Å².